The van der Waals surface area contributed by atoms with Crippen molar-refractivity contribution in [3.05, 3.63) is 41.2 Å². The molecule has 1 aromatic heterocycles. The van der Waals surface area contributed by atoms with Gasteiger partial charge < -0.3 is 15.4 Å². The number of rotatable bonds is 4. The number of aromatic nitrogens is 2. The molecule has 1 saturated heterocycles. The van der Waals surface area contributed by atoms with E-state index in [1.165, 1.54) is 6.33 Å². The predicted molar refractivity (Wildman–Crippen MR) is 92.0 cm³/mol. The van der Waals surface area contributed by atoms with Gasteiger partial charge >= 0.3 is 0 Å². The van der Waals surface area contributed by atoms with E-state index in [4.69, 9.17) is 22.1 Å². The van der Waals surface area contributed by atoms with E-state index in [2.05, 4.69) is 20.8 Å². The smallest absolute Gasteiger partial charge is 0.269 e. The Balaban J connectivity index is 1.70. The van der Waals surface area contributed by atoms with Crippen LogP contribution in [0.15, 0.2) is 30.6 Å². The minimum Gasteiger partial charge on any atom is -0.393 e. The van der Waals surface area contributed by atoms with Gasteiger partial charge in [0.1, 0.15) is 12.0 Å². The molecule has 0 spiro atoms. The molecule has 2 heterocycles. The standard InChI is InChI=1S/C15H17ClN6O2/c16-11-3-1-2-10(8-11)15(23)21-20-13-12(17)14(19-9-18-13)22-4-6-24-7-5-22/h1-3,8-9H,4-7,17H2,(H,21,23)(H,18,19,20). The first-order valence-electron chi connectivity index (χ1n) is 7.40. The summed E-state index contributed by atoms with van der Waals surface area (Å²) in [6.07, 6.45) is 1.40. The first kappa shape index (κ1) is 16.3. The molecule has 0 radical (unpaired) electrons. The van der Waals surface area contributed by atoms with E-state index in [1.54, 1.807) is 24.3 Å². The van der Waals surface area contributed by atoms with Crippen molar-refractivity contribution in [1.82, 2.24) is 15.4 Å². The van der Waals surface area contributed by atoms with Crippen molar-refractivity contribution >= 4 is 34.8 Å². The third-order valence-corrected chi connectivity index (χ3v) is 3.79. The number of nitrogens with two attached hydrogens (primary N) is 1. The van der Waals surface area contributed by atoms with E-state index >= 15 is 0 Å². The zero-order valence-electron chi connectivity index (χ0n) is 12.8. The van der Waals surface area contributed by atoms with Crippen LogP contribution in [0, 0.1) is 0 Å². The lowest BCUT2D eigenvalue weighted by Gasteiger charge is -2.28. The molecule has 0 unspecified atom stereocenters. The minimum absolute atomic E-state index is 0.335. The van der Waals surface area contributed by atoms with Gasteiger partial charge in [-0.05, 0) is 18.2 Å². The Bertz CT molecular complexity index is 736. The summed E-state index contributed by atoms with van der Waals surface area (Å²) in [6.45, 7) is 2.65. The molecule has 3 rings (SSSR count). The Morgan fingerprint density at radius 1 is 1.29 bits per heavy atom. The molecular weight excluding hydrogens is 332 g/mol. The highest BCUT2D eigenvalue weighted by molar-refractivity contribution is 6.30. The lowest BCUT2D eigenvalue weighted by Crippen LogP contribution is -2.37. The van der Waals surface area contributed by atoms with Crippen LogP contribution in [0.1, 0.15) is 10.4 Å². The lowest BCUT2D eigenvalue weighted by molar-refractivity contribution is 0.0962. The first-order chi connectivity index (χ1) is 11.6. The number of halogens is 1. The van der Waals surface area contributed by atoms with Gasteiger partial charge in [0.15, 0.2) is 11.6 Å². The summed E-state index contributed by atoms with van der Waals surface area (Å²) in [4.78, 5) is 22.4. The molecule has 9 heteroatoms. The second kappa shape index (κ2) is 7.33. The fourth-order valence-corrected chi connectivity index (χ4v) is 2.52. The van der Waals surface area contributed by atoms with E-state index in [0.717, 1.165) is 0 Å². The maximum Gasteiger partial charge on any atom is 0.269 e. The third-order valence-electron chi connectivity index (χ3n) is 3.55. The number of morpholine rings is 1. The highest BCUT2D eigenvalue weighted by atomic mass is 35.5. The van der Waals surface area contributed by atoms with Crippen LogP contribution >= 0.6 is 11.6 Å². The van der Waals surface area contributed by atoms with Gasteiger partial charge in [-0.15, -0.1) is 0 Å². The van der Waals surface area contributed by atoms with Gasteiger partial charge in [0, 0.05) is 23.7 Å². The Hall–Kier alpha value is -2.58. The number of carbonyl (C=O) groups is 1. The summed E-state index contributed by atoms with van der Waals surface area (Å²) in [5, 5.41) is 0.485. The molecule has 1 fully saturated rings. The molecule has 1 aliphatic rings. The lowest BCUT2D eigenvalue weighted by atomic mass is 10.2. The normalized spacial score (nSPS) is 14.3. The molecule has 24 heavy (non-hydrogen) atoms. The van der Waals surface area contributed by atoms with Crippen LogP contribution in [0.25, 0.3) is 0 Å². The fraction of sp³-hybridized carbons (Fsp3) is 0.267. The topological polar surface area (TPSA) is 105 Å². The van der Waals surface area contributed by atoms with Gasteiger partial charge in [0.25, 0.3) is 5.91 Å². The highest BCUT2D eigenvalue weighted by Crippen LogP contribution is 2.26. The minimum atomic E-state index is -0.344. The van der Waals surface area contributed by atoms with Crippen molar-refractivity contribution in [3.63, 3.8) is 0 Å². The third kappa shape index (κ3) is 3.66. The van der Waals surface area contributed by atoms with Crippen molar-refractivity contribution in [1.29, 1.82) is 0 Å². The predicted octanol–water partition coefficient (Wildman–Crippen LogP) is 1.31. The Kier molecular flexibility index (Phi) is 4.97. The summed E-state index contributed by atoms with van der Waals surface area (Å²) in [6, 6.07) is 6.63. The van der Waals surface area contributed by atoms with Crippen LogP contribution in [-0.4, -0.2) is 42.2 Å². The number of hydrogen-bond acceptors (Lipinski definition) is 7. The zero-order valence-corrected chi connectivity index (χ0v) is 13.6. The van der Waals surface area contributed by atoms with Crippen LogP contribution in [0.2, 0.25) is 5.02 Å². The maximum absolute atomic E-state index is 12.1. The van der Waals surface area contributed by atoms with Crippen molar-refractivity contribution in [2.45, 2.75) is 0 Å². The molecule has 1 aromatic carbocycles. The molecule has 0 bridgehead atoms. The Labute approximate surface area is 143 Å². The summed E-state index contributed by atoms with van der Waals surface area (Å²) in [5.41, 5.74) is 12.2. The van der Waals surface area contributed by atoms with E-state index in [0.29, 0.717) is 54.2 Å². The van der Waals surface area contributed by atoms with Gasteiger partial charge in [0.05, 0.1) is 13.2 Å². The Morgan fingerprint density at radius 2 is 2.08 bits per heavy atom. The molecule has 0 aliphatic carbocycles. The van der Waals surface area contributed by atoms with Gasteiger partial charge in [0.2, 0.25) is 0 Å². The summed E-state index contributed by atoms with van der Waals surface area (Å²) in [7, 11) is 0. The SMILES string of the molecule is Nc1c(NNC(=O)c2cccc(Cl)c2)ncnc1N1CCOCC1. The maximum atomic E-state index is 12.1. The molecule has 0 saturated carbocycles. The van der Waals surface area contributed by atoms with Gasteiger partial charge in [-0.3, -0.25) is 15.6 Å². The number of nitrogens with zero attached hydrogens (tertiary/aromatic N) is 3. The number of nitrogens with one attached hydrogen (secondary N) is 2. The van der Waals surface area contributed by atoms with Gasteiger partial charge in [-0.2, -0.15) is 0 Å². The molecule has 1 amide bonds. The largest absolute Gasteiger partial charge is 0.393 e. The number of hydrazine groups is 1. The summed E-state index contributed by atoms with van der Waals surface area (Å²) >= 11 is 5.88. The first-order valence-corrected chi connectivity index (χ1v) is 7.78. The molecule has 4 N–H and O–H groups in total. The number of anilines is 3. The zero-order chi connectivity index (χ0) is 16.9. The van der Waals surface area contributed by atoms with Crippen LogP contribution < -0.4 is 21.5 Å². The van der Waals surface area contributed by atoms with Gasteiger partial charge in [-0.1, -0.05) is 17.7 Å². The second-order valence-corrected chi connectivity index (χ2v) is 5.58. The monoisotopic (exact) mass is 348 g/mol. The average Bonchev–Trinajstić information content (AvgIpc) is 2.61. The summed E-state index contributed by atoms with van der Waals surface area (Å²) < 4.78 is 5.32. The van der Waals surface area contributed by atoms with Crippen LogP contribution in [0.3, 0.4) is 0 Å². The number of nitrogen functional groups attached to an aromatic ring is 1. The van der Waals surface area contributed by atoms with Crippen molar-refractivity contribution in [2.75, 3.05) is 42.4 Å². The number of amides is 1. The quantitative estimate of drug-likeness (QED) is 0.715. The Morgan fingerprint density at radius 3 is 2.83 bits per heavy atom. The second-order valence-electron chi connectivity index (χ2n) is 5.15. The number of carbonyl (C=O) groups excluding carboxylic acids is 1. The number of ether oxygens (including phenoxy) is 1. The van der Waals surface area contributed by atoms with Crippen LogP contribution in [0.5, 0.6) is 0 Å². The average molecular weight is 349 g/mol. The van der Waals surface area contributed by atoms with Crippen molar-refractivity contribution in [2.24, 2.45) is 0 Å². The highest BCUT2D eigenvalue weighted by Gasteiger charge is 2.18. The molecule has 126 valence electrons. The molecular formula is C15H17ClN6O2. The van der Waals surface area contributed by atoms with Crippen LogP contribution in [0.4, 0.5) is 17.3 Å². The number of hydrogen-bond donors (Lipinski definition) is 3. The molecule has 0 atom stereocenters. The molecule has 1 aliphatic heterocycles. The van der Waals surface area contributed by atoms with Crippen molar-refractivity contribution in [3.8, 4) is 0 Å². The molecule has 8 nitrogen and oxygen atoms in total. The van der Waals surface area contributed by atoms with Crippen LogP contribution in [-0.2, 0) is 4.74 Å². The van der Waals surface area contributed by atoms with E-state index in [1.807, 2.05) is 4.90 Å². The fourth-order valence-electron chi connectivity index (χ4n) is 2.33. The summed E-state index contributed by atoms with van der Waals surface area (Å²) in [5.74, 6) is 0.609. The number of benzene rings is 1. The van der Waals surface area contributed by atoms with Crippen molar-refractivity contribution < 1.29 is 9.53 Å². The van der Waals surface area contributed by atoms with E-state index in [-0.39, 0.29) is 5.91 Å². The van der Waals surface area contributed by atoms with E-state index in [9.17, 15) is 4.79 Å². The molecule has 2 aromatic rings. The van der Waals surface area contributed by atoms with Gasteiger partial charge in [-0.25, -0.2) is 9.97 Å². The van der Waals surface area contributed by atoms with E-state index < -0.39 is 0 Å².